The van der Waals surface area contributed by atoms with Gasteiger partial charge in [-0.1, -0.05) is 63.3 Å². The summed E-state index contributed by atoms with van der Waals surface area (Å²) in [5.41, 5.74) is 5.23. The number of methoxy groups -OCH3 is 1. The fourth-order valence-electron chi connectivity index (χ4n) is 4.26. The Kier molecular flexibility index (Phi) is 8.88. The lowest BCUT2D eigenvalue weighted by Crippen LogP contribution is -2.26. The van der Waals surface area contributed by atoms with E-state index in [1.165, 1.54) is 73.7 Å². The third-order valence-corrected chi connectivity index (χ3v) is 6.00. The second kappa shape index (κ2) is 11.9. The summed E-state index contributed by atoms with van der Waals surface area (Å²) >= 11 is 0. The van der Waals surface area contributed by atoms with Gasteiger partial charge in [0.1, 0.15) is 5.75 Å². The van der Waals surface area contributed by atoms with Gasteiger partial charge in [0.2, 0.25) is 0 Å². The van der Waals surface area contributed by atoms with Gasteiger partial charge in [-0.3, -0.25) is 0 Å². The monoisotopic (exact) mass is 394 g/mol. The highest BCUT2D eigenvalue weighted by atomic mass is 16.5. The minimum absolute atomic E-state index is 0.496. The molecule has 0 spiro atoms. The SMILES string of the molecule is CCCCCCCc1ccc(OC)c(CNc2cccc([C@@H]3CCCCN3)c2)c1. The lowest BCUT2D eigenvalue weighted by molar-refractivity contribution is 0.410. The van der Waals surface area contributed by atoms with Crippen LogP contribution in [0.5, 0.6) is 5.75 Å². The first kappa shape index (κ1) is 21.7. The Morgan fingerprint density at radius 1 is 1.03 bits per heavy atom. The second-order valence-electron chi connectivity index (χ2n) is 8.29. The minimum atomic E-state index is 0.496. The van der Waals surface area contributed by atoms with Gasteiger partial charge >= 0.3 is 0 Å². The maximum absolute atomic E-state index is 5.62. The van der Waals surface area contributed by atoms with Crippen LogP contribution >= 0.6 is 0 Å². The van der Waals surface area contributed by atoms with Gasteiger partial charge in [0, 0.05) is 23.8 Å². The molecule has 2 aromatic rings. The van der Waals surface area contributed by atoms with Gasteiger partial charge in [0.25, 0.3) is 0 Å². The van der Waals surface area contributed by atoms with Crippen LogP contribution in [0.25, 0.3) is 0 Å². The zero-order valence-electron chi connectivity index (χ0n) is 18.3. The molecule has 3 rings (SSSR count). The number of rotatable bonds is 11. The third kappa shape index (κ3) is 6.78. The molecule has 0 amide bonds. The Balaban J connectivity index is 1.59. The number of unbranched alkanes of at least 4 members (excludes halogenated alkanes) is 4. The average Bonchev–Trinajstić information content (AvgIpc) is 2.78. The summed E-state index contributed by atoms with van der Waals surface area (Å²) in [5, 5.41) is 7.27. The molecule has 3 nitrogen and oxygen atoms in total. The first-order valence-corrected chi connectivity index (χ1v) is 11.5. The molecule has 0 saturated carbocycles. The molecule has 0 radical (unpaired) electrons. The Morgan fingerprint density at radius 3 is 2.72 bits per heavy atom. The number of hydrogen-bond acceptors (Lipinski definition) is 3. The highest BCUT2D eigenvalue weighted by Gasteiger charge is 2.14. The quantitative estimate of drug-likeness (QED) is 0.419. The van der Waals surface area contributed by atoms with Crippen molar-refractivity contribution in [3.8, 4) is 5.75 Å². The molecular weight excluding hydrogens is 356 g/mol. The summed E-state index contributed by atoms with van der Waals surface area (Å²) in [7, 11) is 1.76. The van der Waals surface area contributed by atoms with Crippen molar-refractivity contribution >= 4 is 5.69 Å². The number of ether oxygens (including phenoxy) is 1. The fraction of sp³-hybridized carbons (Fsp3) is 0.538. The van der Waals surface area contributed by atoms with Crippen molar-refractivity contribution < 1.29 is 4.74 Å². The third-order valence-electron chi connectivity index (χ3n) is 6.00. The molecule has 0 aliphatic carbocycles. The van der Waals surface area contributed by atoms with E-state index >= 15 is 0 Å². The molecule has 0 aromatic heterocycles. The smallest absolute Gasteiger partial charge is 0.123 e. The van der Waals surface area contributed by atoms with Crippen LogP contribution in [0.2, 0.25) is 0 Å². The second-order valence-corrected chi connectivity index (χ2v) is 8.29. The Morgan fingerprint density at radius 2 is 1.93 bits per heavy atom. The van der Waals surface area contributed by atoms with E-state index in [0.29, 0.717) is 6.04 Å². The highest BCUT2D eigenvalue weighted by Crippen LogP contribution is 2.26. The molecule has 1 aliphatic rings. The summed E-state index contributed by atoms with van der Waals surface area (Å²) in [6.07, 6.45) is 11.6. The van der Waals surface area contributed by atoms with Crippen LogP contribution < -0.4 is 15.4 Å². The van der Waals surface area contributed by atoms with Crippen molar-refractivity contribution in [2.75, 3.05) is 19.0 Å². The van der Waals surface area contributed by atoms with Gasteiger partial charge in [0.05, 0.1) is 7.11 Å². The molecule has 3 heteroatoms. The highest BCUT2D eigenvalue weighted by molar-refractivity contribution is 5.48. The van der Waals surface area contributed by atoms with Crippen LogP contribution in [0.1, 0.15) is 81.0 Å². The zero-order chi connectivity index (χ0) is 20.3. The van der Waals surface area contributed by atoms with E-state index in [9.17, 15) is 0 Å². The number of benzene rings is 2. The molecule has 1 atom stereocenters. The van der Waals surface area contributed by atoms with Crippen molar-refractivity contribution in [3.05, 3.63) is 59.2 Å². The lowest BCUT2D eigenvalue weighted by atomic mass is 9.97. The van der Waals surface area contributed by atoms with Gasteiger partial charge in [0.15, 0.2) is 0 Å². The normalized spacial score (nSPS) is 16.6. The van der Waals surface area contributed by atoms with E-state index in [0.717, 1.165) is 25.3 Å². The Hall–Kier alpha value is -2.00. The van der Waals surface area contributed by atoms with E-state index in [4.69, 9.17) is 4.74 Å². The molecule has 0 bridgehead atoms. The first-order chi connectivity index (χ1) is 14.3. The van der Waals surface area contributed by atoms with E-state index < -0.39 is 0 Å². The lowest BCUT2D eigenvalue weighted by Gasteiger charge is -2.24. The van der Waals surface area contributed by atoms with Crippen molar-refractivity contribution in [2.45, 2.75) is 77.3 Å². The standard InChI is InChI=1S/C26H38N2O/c1-3-4-5-6-7-11-21-15-16-26(29-2)23(18-21)20-28-24-13-10-12-22(19-24)25-14-8-9-17-27-25/h10,12-13,15-16,18-19,25,27-28H,3-9,11,14,17,20H2,1-2H3/t25-/m0/s1. The minimum Gasteiger partial charge on any atom is -0.496 e. The van der Waals surface area contributed by atoms with E-state index in [2.05, 4.69) is 60.0 Å². The van der Waals surface area contributed by atoms with Gasteiger partial charge in [-0.2, -0.15) is 0 Å². The van der Waals surface area contributed by atoms with E-state index in [-0.39, 0.29) is 0 Å². The van der Waals surface area contributed by atoms with E-state index in [1.54, 1.807) is 7.11 Å². The van der Waals surface area contributed by atoms with Crippen LogP contribution in [-0.4, -0.2) is 13.7 Å². The summed E-state index contributed by atoms with van der Waals surface area (Å²) in [6, 6.07) is 16.0. The van der Waals surface area contributed by atoms with Crippen molar-refractivity contribution in [1.29, 1.82) is 0 Å². The van der Waals surface area contributed by atoms with Crippen LogP contribution in [0.4, 0.5) is 5.69 Å². The number of nitrogens with one attached hydrogen (secondary N) is 2. The molecule has 1 heterocycles. The van der Waals surface area contributed by atoms with Crippen molar-refractivity contribution in [3.63, 3.8) is 0 Å². The number of piperidine rings is 1. The fourth-order valence-corrected chi connectivity index (χ4v) is 4.26. The molecule has 1 aliphatic heterocycles. The largest absolute Gasteiger partial charge is 0.496 e. The zero-order valence-corrected chi connectivity index (χ0v) is 18.3. The maximum atomic E-state index is 5.62. The molecule has 29 heavy (non-hydrogen) atoms. The molecule has 158 valence electrons. The number of hydrogen-bond donors (Lipinski definition) is 2. The topological polar surface area (TPSA) is 33.3 Å². The summed E-state index contributed by atoms with van der Waals surface area (Å²) in [6.45, 7) is 4.18. The molecule has 2 aromatic carbocycles. The van der Waals surface area contributed by atoms with Crippen LogP contribution in [0.3, 0.4) is 0 Å². The molecule has 1 fully saturated rings. The van der Waals surface area contributed by atoms with Crippen LogP contribution in [0.15, 0.2) is 42.5 Å². The summed E-state index contributed by atoms with van der Waals surface area (Å²) in [5.74, 6) is 0.970. The summed E-state index contributed by atoms with van der Waals surface area (Å²) < 4.78 is 5.62. The predicted octanol–water partition coefficient (Wildman–Crippen LogP) is 6.63. The molecule has 1 saturated heterocycles. The van der Waals surface area contributed by atoms with Gasteiger partial charge < -0.3 is 15.4 Å². The van der Waals surface area contributed by atoms with Gasteiger partial charge in [-0.25, -0.2) is 0 Å². The molecule has 0 unspecified atom stereocenters. The number of anilines is 1. The summed E-state index contributed by atoms with van der Waals surface area (Å²) in [4.78, 5) is 0. The number of aryl methyl sites for hydroxylation is 1. The predicted molar refractivity (Wildman–Crippen MR) is 124 cm³/mol. The van der Waals surface area contributed by atoms with Crippen LogP contribution in [0, 0.1) is 0 Å². The molecule has 2 N–H and O–H groups in total. The van der Waals surface area contributed by atoms with Crippen molar-refractivity contribution in [1.82, 2.24) is 5.32 Å². The van der Waals surface area contributed by atoms with Crippen LogP contribution in [-0.2, 0) is 13.0 Å². The van der Waals surface area contributed by atoms with E-state index in [1.807, 2.05) is 0 Å². The average molecular weight is 395 g/mol. The Bertz CT molecular complexity index is 737. The Labute approximate surface area is 177 Å². The first-order valence-electron chi connectivity index (χ1n) is 11.5. The molecular formula is C26H38N2O. The van der Waals surface area contributed by atoms with Gasteiger partial charge in [-0.15, -0.1) is 0 Å². The van der Waals surface area contributed by atoms with Gasteiger partial charge in [-0.05, 0) is 61.6 Å². The maximum Gasteiger partial charge on any atom is 0.123 e. The van der Waals surface area contributed by atoms with Crippen molar-refractivity contribution in [2.24, 2.45) is 0 Å².